The van der Waals surface area contributed by atoms with Gasteiger partial charge in [-0.15, -0.1) is 0 Å². The van der Waals surface area contributed by atoms with E-state index in [1.807, 2.05) is 0 Å². The van der Waals surface area contributed by atoms with E-state index >= 15 is 0 Å². The highest BCUT2D eigenvalue weighted by Gasteiger charge is 2.39. The zero-order chi connectivity index (χ0) is 13.5. The molecular weight excluding hydrogens is 234 g/mol. The lowest BCUT2D eigenvalue weighted by atomic mass is 9.89. The van der Waals surface area contributed by atoms with Crippen LogP contribution in [0.2, 0.25) is 0 Å². The highest BCUT2D eigenvalue weighted by atomic mass is 15.3. The maximum Gasteiger partial charge on any atom is 0.0762 e. The number of hydrogen-bond donors (Lipinski definition) is 1. The molecule has 2 aliphatic carbocycles. The van der Waals surface area contributed by atoms with Crippen molar-refractivity contribution in [2.75, 3.05) is 0 Å². The largest absolute Gasteiger partial charge is 0.306 e. The van der Waals surface area contributed by atoms with Crippen LogP contribution in [0.25, 0.3) is 0 Å². The van der Waals surface area contributed by atoms with E-state index in [1.165, 1.54) is 25.7 Å². The molecular formula is C16H27N3. The predicted octanol–water partition coefficient (Wildman–Crippen LogP) is 3.21. The van der Waals surface area contributed by atoms with E-state index in [2.05, 4.69) is 43.0 Å². The van der Waals surface area contributed by atoms with Gasteiger partial charge in [0.25, 0.3) is 0 Å². The normalized spacial score (nSPS) is 30.2. The molecule has 3 nitrogen and oxygen atoms in total. The first-order valence-electron chi connectivity index (χ1n) is 7.77. The molecule has 1 aromatic heterocycles. The van der Waals surface area contributed by atoms with Gasteiger partial charge in [0, 0.05) is 24.8 Å². The van der Waals surface area contributed by atoms with Crippen LogP contribution in [0.15, 0.2) is 12.3 Å². The molecule has 2 bridgehead atoms. The summed E-state index contributed by atoms with van der Waals surface area (Å²) in [5.74, 6) is 2.92. The van der Waals surface area contributed by atoms with Gasteiger partial charge in [0.1, 0.15) is 0 Å². The van der Waals surface area contributed by atoms with Crippen LogP contribution >= 0.6 is 0 Å². The van der Waals surface area contributed by atoms with Crippen molar-refractivity contribution in [3.05, 3.63) is 18.0 Å². The highest BCUT2D eigenvalue weighted by molar-refractivity contribution is 5.00. The molecule has 0 saturated heterocycles. The van der Waals surface area contributed by atoms with Gasteiger partial charge in [-0.1, -0.05) is 6.42 Å². The summed E-state index contributed by atoms with van der Waals surface area (Å²) in [4.78, 5) is 0. The Hall–Kier alpha value is -0.830. The Bertz CT molecular complexity index is 429. The van der Waals surface area contributed by atoms with Gasteiger partial charge in [-0.05, 0) is 63.9 Å². The Kier molecular flexibility index (Phi) is 3.42. The number of aromatic nitrogens is 2. The molecule has 3 heteroatoms. The van der Waals surface area contributed by atoms with Crippen LogP contribution < -0.4 is 5.32 Å². The smallest absolute Gasteiger partial charge is 0.0762 e. The molecule has 0 spiro atoms. The molecule has 1 aromatic rings. The summed E-state index contributed by atoms with van der Waals surface area (Å²) in [6.07, 6.45) is 8.05. The van der Waals surface area contributed by atoms with Crippen LogP contribution in [0.4, 0.5) is 0 Å². The van der Waals surface area contributed by atoms with Crippen molar-refractivity contribution in [1.82, 2.24) is 15.1 Å². The van der Waals surface area contributed by atoms with Crippen LogP contribution in [0.1, 0.15) is 52.1 Å². The molecule has 3 unspecified atom stereocenters. The molecule has 3 atom stereocenters. The number of nitrogens with zero attached hydrogens (tertiary/aromatic N) is 2. The van der Waals surface area contributed by atoms with Crippen molar-refractivity contribution < 1.29 is 0 Å². The second-order valence-corrected chi connectivity index (χ2v) is 7.57. The fraction of sp³-hybridized carbons (Fsp3) is 0.812. The average Bonchev–Trinajstić information content (AvgIpc) is 3.01. The summed E-state index contributed by atoms with van der Waals surface area (Å²) >= 11 is 0. The van der Waals surface area contributed by atoms with Gasteiger partial charge in [0.15, 0.2) is 0 Å². The summed E-state index contributed by atoms with van der Waals surface area (Å²) in [6, 6.07) is 2.16. The van der Waals surface area contributed by atoms with Gasteiger partial charge in [0.05, 0.1) is 5.69 Å². The van der Waals surface area contributed by atoms with Crippen molar-refractivity contribution >= 4 is 0 Å². The van der Waals surface area contributed by atoms with Gasteiger partial charge in [-0.2, -0.15) is 5.10 Å². The first-order chi connectivity index (χ1) is 8.99. The van der Waals surface area contributed by atoms with Crippen molar-refractivity contribution in [3.63, 3.8) is 0 Å². The SMILES string of the molecule is CC(C)(C)NCc1ccn(CC2CC3CCC2C3)n1. The summed E-state index contributed by atoms with van der Waals surface area (Å²) < 4.78 is 2.17. The zero-order valence-corrected chi connectivity index (χ0v) is 12.5. The third-order valence-electron chi connectivity index (χ3n) is 4.80. The third kappa shape index (κ3) is 3.19. The molecule has 1 heterocycles. The Labute approximate surface area is 116 Å². The Morgan fingerprint density at radius 2 is 2.16 bits per heavy atom. The quantitative estimate of drug-likeness (QED) is 0.902. The molecule has 1 N–H and O–H groups in total. The molecule has 106 valence electrons. The Balaban J connectivity index is 1.53. The molecule has 2 aliphatic rings. The van der Waals surface area contributed by atoms with Gasteiger partial charge in [-0.25, -0.2) is 0 Å². The lowest BCUT2D eigenvalue weighted by Gasteiger charge is -2.21. The minimum atomic E-state index is 0.161. The van der Waals surface area contributed by atoms with E-state index in [1.54, 1.807) is 0 Å². The first-order valence-corrected chi connectivity index (χ1v) is 7.77. The molecule has 0 aliphatic heterocycles. The van der Waals surface area contributed by atoms with E-state index in [4.69, 9.17) is 5.10 Å². The standard InChI is InChI=1S/C16H27N3/c1-16(2,3)17-10-15-6-7-19(18-15)11-14-9-12-4-5-13(14)8-12/h6-7,12-14,17H,4-5,8-11H2,1-3H3. The van der Waals surface area contributed by atoms with Crippen molar-refractivity contribution in [1.29, 1.82) is 0 Å². The van der Waals surface area contributed by atoms with Crippen LogP contribution in [-0.4, -0.2) is 15.3 Å². The number of rotatable bonds is 4. The average molecular weight is 261 g/mol. The van der Waals surface area contributed by atoms with Crippen LogP contribution in [0.5, 0.6) is 0 Å². The van der Waals surface area contributed by atoms with Crippen LogP contribution in [0.3, 0.4) is 0 Å². The molecule has 0 amide bonds. The van der Waals surface area contributed by atoms with Crippen molar-refractivity contribution in [2.24, 2.45) is 17.8 Å². The van der Waals surface area contributed by atoms with Crippen LogP contribution in [0, 0.1) is 17.8 Å². The third-order valence-corrected chi connectivity index (χ3v) is 4.80. The van der Waals surface area contributed by atoms with E-state index in [9.17, 15) is 0 Å². The minimum Gasteiger partial charge on any atom is -0.306 e. The van der Waals surface area contributed by atoms with E-state index in [0.29, 0.717) is 0 Å². The monoisotopic (exact) mass is 261 g/mol. The predicted molar refractivity (Wildman–Crippen MR) is 77.8 cm³/mol. The summed E-state index contributed by atoms with van der Waals surface area (Å²) in [7, 11) is 0. The second-order valence-electron chi connectivity index (χ2n) is 7.57. The van der Waals surface area contributed by atoms with E-state index in [-0.39, 0.29) is 5.54 Å². The topological polar surface area (TPSA) is 29.9 Å². The highest BCUT2D eigenvalue weighted by Crippen LogP contribution is 2.48. The van der Waals surface area contributed by atoms with E-state index < -0.39 is 0 Å². The maximum absolute atomic E-state index is 4.71. The fourth-order valence-corrected chi connectivity index (χ4v) is 3.80. The summed E-state index contributed by atoms with van der Waals surface area (Å²) in [5.41, 5.74) is 1.33. The lowest BCUT2D eigenvalue weighted by molar-refractivity contribution is 0.284. The van der Waals surface area contributed by atoms with Gasteiger partial charge in [-0.3, -0.25) is 4.68 Å². The molecule has 2 saturated carbocycles. The fourth-order valence-electron chi connectivity index (χ4n) is 3.80. The summed E-state index contributed by atoms with van der Waals surface area (Å²) in [5, 5.41) is 8.21. The first kappa shape index (κ1) is 13.2. The van der Waals surface area contributed by atoms with Gasteiger partial charge in [0.2, 0.25) is 0 Å². The van der Waals surface area contributed by atoms with Crippen molar-refractivity contribution in [3.8, 4) is 0 Å². The maximum atomic E-state index is 4.71. The molecule has 0 radical (unpaired) electrons. The minimum absolute atomic E-state index is 0.161. The van der Waals surface area contributed by atoms with E-state index in [0.717, 1.165) is 36.5 Å². The molecule has 0 aromatic carbocycles. The van der Waals surface area contributed by atoms with Gasteiger partial charge < -0.3 is 5.32 Å². The molecule has 19 heavy (non-hydrogen) atoms. The number of fused-ring (bicyclic) bond motifs is 2. The number of hydrogen-bond acceptors (Lipinski definition) is 2. The Morgan fingerprint density at radius 1 is 1.32 bits per heavy atom. The van der Waals surface area contributed by atoms with Crippen LogP contribution in [-0.2, 0) is 13.1 Å². The number of nitrogens with one attached hydrogen (secondary N) is 1. The van der Waals surface area contributed by atoms with Gasteiger partial charge >= 0.3 is 0 Å². The molecule has 3 rings (SSSR count). The zero-order valence-electron chi connectivity index (χ0n) is 12.5. The molecule has 2 fully saturated rings. The Morgan fingerprint density at radius 3 is 2.79 bits per heavy atom. The lowest BCUT2D eigenvalue weighted by Crippen LogP contribution is -2.35. The second kappa shape index (κ2) is 4.93. The van der Waals surface area contributed by atoms with Crippen molar-refractivity contribution in [2.45, 2.75) is 65.1 Å². The summed E-state index contributed by atoms with van der Waals surface area (Å²) in [6.45, 7) is 8.58.